The number of allylic oxidation sites excluding steroid dienone is 1. The summed E-state index contributed by atoms with van der Waals surface area (Å²) < 4.78 is 24.7. The third-order valence-corrected chi connectivity index (χ3v) is 7.06. The molecular formula is C28H30FN3O4S. The number of halogens is 1. The second-order valence-corrected chi connectivity index (χ2v) is 9.74. The Hall–Kier alpha value is -3.72. The van der Waals surface area contributed by atoms with E-state index in [4.69, 9.17) is 9.47 Å². The summed E-state index contributed by atoms with van der Waals surface area (Å²) in [7, 11) is 0. The Bertz CT molecular complexity index is 1310. The van der Waals surface area contributed by atoms with Crippen LogP contribution in [0.25, 0.3) is 11.3 Å². The second-order valence-electron chi connectivity index (χ2n) is 8.88. The SMILES string of the molecule is CCOC(=O)C1=C(C)NC(C)(Nc2nc(-c3cccc(F)c3)cs2)C(C(=O)OCC)C1c1ccccc1. The van der Waals surface area contributed by atoms with Gasteiger partial charge in [0.1, 0.15) is 17.4 Å². The highest BCUT2D eigenvalue weighted by molar-refractivity contribution is 7.14. The summed E-state index contributed by atoms with van der Waals surface area (Å²) in [6.07, 6.45) is 0. The van der Waals surface area contributed by atoms with Crippen molar-refractivity contribution in [1.29, 1.82) is 0 Å². The van der Waals surface area contributed by atoms with E-state index in [-0.39, 0.29) is 19.0 Å². The molecule has 0 bridgehead atoms. The number of ether oxygens (including phenoxy) is 2. The van der Waals surface area contributed by atoms with Crippen molar-refractivity contribution in [2.45, 2.75) is 39.3 Å². The van der Waals surface area contributed by atoms with E-state index >= 15 is 0 Å². The topological polar surface area (TPSA) is 89.5 Å². The molecule has 0 aliphatic carbocycles. The molecule has 0 fully saturated rings. The Balaban J connectivity index is 1.80. The zero-order valence-corrected chi connectivity index (χ0v) is 22.0. The normalized spacial score (nSPS) is 21.2. The summed E-state index contributed by atoms with van der Waals surface area (Å²) in [6.45, 7) is 7.53. The number of esters is 2. The molecule has 1 aromatic heterocycles. The molecular weight excluding hydrogens is 493 g/mol. The molecule has 37 heavy (non-hydrogen) atoms. The van der Waals surface area contributed by atoms with Gasteiger partial charge < -0.3 is 20.1 Å². The minimum atomic E-state index is -1.08. The van der Waals surface area contributed by atoms with E-state index in [2.05, 4.69) is 15.6 Å². The number of carbonyl (C=O) groups excluding carboxylic acids is 2. The number of aromatic nitrogens is 1. The maximum Gasteiger partial charge on any atom is 0.336 e. The van der Waals surface area contributed by atoms with Gasteiger partial charge in [-0.05, 0) is 45.4 Å². The molecule has 2 aromatic carbocycles. The number of thiazole rings is 1. The Kier molecular flexibility index (Phi) is 7.92. The fourth-order valence-electron chi connectivity index (χ4n) is 4.82. The van der Waals surface area contributed by atoms with Crippen molar-refractivity contribution in [3.8, 4) is 11.3 Å². The minimum absolute atomic E-state index is 0.186. The molecule has 1 aliphatic heterocycles. The predicted molar refractivity (Wildman–Crippen MR) is 141 cm³/mol. The van der Waals surface area contributed by atoms with Crippen molar-refractivity contribution < 1.29 is 23.5 Å². The number of nitrogens with one attached hydrogen (secondary N) is 2. The van der Waals surface area contributed by atoms with Crippen LogP contribution in [0.3, 0.4) is 0 Å². The lowest BCUT2D eigenvalue weighted by atomic mass is 9.71. The molecule has 0 spiro atoms. The zero-order chi connectivity index (χ0) is 26.6. The first-order chi connectivity index (χ1) is 17.8. The summed E-state index contributed by atoms with van der Waals surface area (Å²) >= 11 is 1.34. The van der Waals surface area contributed by atoms with Gasteiger partial charge in [0.15, 0.2) is 5.13 Å². The van der Waals surface area contributed by atoms with Crippen molar-refractivity contribution >= 4 is 28.4 Å². The monoisotopic (exact) mass is 523 g/mol. The number of anilines is 1. The van der Waals surface area contributed by atoms with E-state index in [1.165, 1.54) is 23.5 Å². The van der Waals surface area contributed by atoms with Crippen molar-refractivity contribution in [2.24, 2.45) is 5.92 Å². The summed E-state index contributed by atoms with van der Waals surface area (Å²) in [4.78, 5) is 31.3. The van der Waals surface area contributed by atoms with Crippen LogP contribution in [-0.2, 0) is 19.1 Å². The van der Waals surface area contributed by atoms with Crippen LogP contribution in [0, 0.1) is 11.7 Å². The number of nitrogens with zero attached hydrogens (tertiary/aromatic N) is 1. The van der Waals surface area contributed by atoms with Crippen molar-refractivity contribution in [2.75, 3.05) is 18.5 Å². The van der Waals surface area contributed by atoms with Crippen LogP contribution in [0.5, 0.6) is 0 Å². The molecule has 3 atom stereocenters. The number of benzene rings is 2. The molecule has 3 aromatic rings. The highest BCUT2D eigenvalue weighted by Crippen LogP contribution is 2.45. The highest BCUT2D eigenvalue weighted by Gasteiger charge is 2.52. The van der Waals surface area contributed by atoms with Crippen LogP contribution in [-0.4, -0.2) is 35.8 Å². The maximum absolute atomic E-state index is 13.8. The molecule has 0 saturated carbocycles. The smallest absolute Gasteiger partial charge is 0.336 e. The third-order valence-electron chi connectivity index (χ3n) is 6.30. The minimum Gasteiger partial charge on any atom is -0.466 e. The number of rotatable bonds is 8. The molecule has 1 aliphatic rings. The fraction of sp³-hybridized carbons (Fsp3) is 0.321. The van der Waals surface area contributed by atoms with Gasteiger partial charge in [0.25, 0.3) is 0 Å². The largest absolute Gasteiger partial charge is 0.466 e. The number of hydrogen-bond acceptors (Lipinski definition) is 8. The summed E-state index contributed by atoms with van der Waals surface area (Å²) in [6, 6.07) is 15.6. The van der Waals surface area contributed by atoms with Crippen molar-refractivity contribution in [3.63, 3.8) is 0 Å². The van der Waals surface area contributed by atoms with E-state index in [0.29, 0.717) is 27.7 Å². The van der Waals surface area contributed by atoms with Gasteiger partial charge in [0, 0.05) is 22.6 Å². The van der Waals surface area contributed by atoms with Gasteiger partial charge in [-0.3, -0.25) is 4.79 Å². The molecule has 0 radical (unpaired) electrons. The molecule has 4 rings (SSSR count). The fourth-order valence-corrected chi connectivity index (χ4v) is 5.66. The van der Waals surface area contributed by atoms with Gasteiger partial charge >= 0.3 is 11.9 Å². The summed E-state index contributed by atoms with van der Waals surface area (Å²) in [5.74, 6) is -2.78. The van der Waals surface area contributed by atoms with Crippen LogP contribution >= 0.6 is 11.3 Å². The molecule has 2 heterocycles. The van der Waals surface area contributed by atoms with Crippen LogP contribution in [0.15, 0.2) is 71.2 Å². The predicted octanol–water partition coefficient (Wildman–Crippen LogP) is 5.48. The lowest BCUT2D eigenvalue weighted by molar-refractivity contribution is -0.152. The molecule has 3 unspecified atom stereocenters. The van der Waals surface area contributed by atoms with Crippen LogP contribution < -0.4 is 10.6 Å². The third kappa shape index (κ3) is 5.51. The van der Waals surface area contributed by atoms with Gasteiger partial charge in [-0.25, -0.2) is 14.2 Å². The van der Waals surface area contributed by atoms with Crippen molar-refractivity contribution in [3.05, 3.63) is 82.6 Å². The highest BCUT2D eigenvalue weighted by atomic mass is 32.1. The number of hydrogen-bond donors (Lipinski definition) is 2. The molecule has 0 saturated heterocycles. The molecule has 194 valence electrons. The Morgan fingerprint density at radius 2 is 1.84 bits per heavy atom. The molecule has 0 amide bonds. The zero-order valence-electron chi connectivity index (χ0n) is 21.2. The van der Waals surface area contributed by atoms with Gasteiger partial charge in [0.2, 0.25) is 0 Å². The first-order valence-electron chi connectivity index (χ1n) is 12.1. The molecule has 2 N–H and O–H groups in total. The quantitative estimate of drug-likeness (QED) is 0.378. The van der Waals surface area contributed by atoms with Gasteiger partial charge in [-0.2, -0.15) is 0 Å². The second kappa shape index (κ2) is 11.1. The number of carbonyl (C=O) groups is 2. The van der Waals surface area contributed by atoms with E-state index in [0.717, 1.165) is 5.56 Å². The van der Waals surface area contributed by atoms with Gasteiger partial charge in [-0.1, -0.05) is 42.5 Å². The standard InChI is InChI=1S/C28H30FN3O4S/c1-5-35-25(33)22-17(3)31-28(4,24(26(34)36-6-2)23(22)18-11-8-7-9-12-18)32-27-30-21(16-37-27)19-13-10-14-20(29)15-19/h7-16,23-24,31H,5-6H2,1-4H3,(H,30,32). The Morgan fingerprint density at radius 3 is 2.51 bits per heavy atom. The van der Waals surface area contributed by atoms with E-state index in [1.807, 2.05) is 42.6 Å². The van der Waals surface area contributed by atoms with Crippen LogP contribution in [0.4, 0.5) is 9.52 Å². The average molecular weight is 524 g/mol. The first kappa shape index (κ1) is 26.3. The lowest BCUT2D eigenvalue weighted by Gasteiger charge is -2.46. The van der Waals surface area contributed by atoms with E-state index < -0.39 is 29.4 Å². The van der Waals surface area contributed by atoms with Gasteiger partial charge in [0.05, 0.1) is 24.5 Å². The summed E-state index contributed by atoms with van der Waals surface area (Å²) in [5.41, 5.74) is 1.94. The van der Waals surface area contributed by atoms with Gasteiger partial charge in [-0.15, -0.1) is 11.3 Å². The average Bonchev–Trinajstić information content (AvgIpc) is 3.32. The first-order valence-corrected chi connectivity index (χ1v) is 13.0. The summed E-state index contributed by atoms with van der Waals surface area (Å²) in [5, 5.41) is 9.09. The Morgan fingerprint density at radius 1 is 1.11 bits per heavy atom. The van der Waals surface area contributed by atoms with E-state index in [9.17, 15) is 14.0 Å². The van der Waals surface area contributed by atoms with Crippen molar-refractivity contribution in [1.82, 2.24) is 10.3 Å². The van der Waals surface area contributed by atoms with E-state index in [1.54, 1.807) is 32.9 Å². The lowest BCUT2D eigenvalue weighted by Crippen LogP contribution is -2.62. The molecule has 9 heteroatoms. The molecule has 7 nitrogen and oxygen atoms in total. The maximum atomic E-state index is 13.8. The van der Waals surface area contributed by atoms with Crippen LogP contribution in [0.1, 0.15) is 39.2 Å². The Labute approximate surface area is 219 Å². The van der Waals surface area contributed by atoms with Crippen LogP contribution in [0.2, 0.25) is 0 Å².